The molecule has 0 aliphatic rings. The molecule has 0 bridgehead atoms. The average Bonchev–Trinajstić information content (AvgIpc) is 2.48. The van der Waals surface area contributed by atoms with Crippen LogP contribution in [-0.2, 0) is 5.92 Å². The highest BCUT2D eigenvalue weighted by Crippen LogP contribution is 2.45. The molecule has 0 aliphatic carbocycles. The highest BCUT2D eigenvalue weighted by atomic mass is 35.5. The molecular weight excluding hydrogens is 361 g/mol. The zero-order valence-electron chi connectivity index (χ0n) is 11.5. The van der Waals surface area contributed by atoms with Gasteiger partial charge in [-0.3, -0.25) is 10.1 Å². The van der Waals surface area contributed by atoms with Crippen molar-refractivity contribution in [1.82, 2.24) is 0 Å². The number of nitro groups is 1. The van der Waals surface area contributed by atoms with Gasteiger partial charge in [-0.1, -0.05) is 11.6 Å². The summed E-state index contributed by atoms with van der Waals surface area (Å²) < 4.78 is 68.6. The molecule has 2 rings (SSSR count). The second kappa shape index (κ2) is 6.23. The molecule has 128 valence electrons. The summed E-state index contributed by atoms with van der Waals surface area (Å²) in [6.07, 6.45) is -5.75. The van der Waals surface area contributed by atoms with E-state index in [1.165, 1.54) is 12.1 Å². The SMILES string of the molecule is O=[N+]([O-])c1ccc(Oc2ccc(C(F)(F)C(F)(F)F)cc2Cl)cc1. The van der Waals surface area contributed by atoms with E-state index >= 15 is 0 Å². The standard InChI is InChI=1S/C14H7ClF5NO3/c15-11-7-8(13(16,17)14(18,19)20)1-6-12(11)24-10-4-2-9(3-5-10)21(22)23/h1-7H. The van der Waals surface area contributed by atoms with Crippen molar-refractivity contribution in [1.29, 1.82) is 0 Å². The van der Waals surface area contributed by atoms with Crippen LogP contribution in [0.3, 0.4) is 0 Å². The van der Waals surface area contributed by atoms with Gasteiger partial charge >= 0.3 is 12.1 Å². The molecule has 10 heteroatoms. The Hall–Kier alpha value is -2.42. The minimum absolute atomic E-state index is 0.0952. The molecule has 0 unspecified atom stereocenters. The van der Waals surface area contributed by atoms with Gasteiger partial charge in [0.1, 0.15) is 11.5 Å². The summed E-state index contributed by atoms with van der Waals surface area (Å²) in [5, 5.41) is 10.1. The largest absolute Gasteiger partial charge is 0.458 e. The molecule has 0 atom stereocenters. The summed E-state index contributed by atoms with van der Waals surface area (Å²) in [6, 6.07) is 6.58. The van der Waals surface area contributed by atoms with Crippen molar-refractivity contribution in [3.63, 3.8) is 0 Å². The van der Waals surface area contributed by atoms with Gasteiger partial charge in [-0.2, -0.15) is 22.0 Å². The van der Waals surface area contributed by atoms with Gasteiger partial charge in [0.15, 0.2) is 0 Å². The zero-order valence-corrected chi connectivity index (χ0v) is 12.2. The van der Waals surface area contributed by atoms with E-state index in [-0.39, 0.29) is 17.2 Å². The zero-order chi connectivity index (χ0) is 18.1. The fourth-order valence-corrected chi connectivity index (χ4v) is 1.92. The third-order valence-electron chi connectivity index (χ3n) is 2.93. The first-order chi connectivity index (χ1) is 11.0. The number of nitrogens with zero attached hydrogens (tertiary/aromatic N) is 1. The molecular formula is C14H7ClF5NO3. The average molecular weight is 368 g/mol. The van der Waals surface area contributed by atoms with E-state index in [9.17, 15) is 32.1 Å². The van der Waals surface area contributed by atoms with E-state index in [1.807, 2.05) is 0 Å². The summed E-state index contributed by atoms with van der Waals surface area (Å²) in [4.78, 5) is 9.88. The van der Waals surface area contributed by atoms with Crippen LogP contribution in [-0.4, -0.2) is 11.1 Å². The van der Waals surface area contributed by atoms with Gasteiger partial charge in [0.25, 0.3) is 5.69 Å². The van der Waals surface area contributed by atoms with Crippen LogP contribution in [0.5, 0.6) is 11.5 Å². The third kappa shape index (κ3) is 3.56. The van der Waals surface area contributed by atoms with Crippen LogP contribution in [0.4, 0.5) is 27.6 Å². The first kappa shape index (κ1) is 17.9. The molecule has 0 N–H and O–H groups in total. The number of rotatable bonds is 4. The van der Waals surface area contributed by atoms with Crippen LogP contribution in [0.15, 0.2) is 42.5 Å². The number of ether oxygens (including phenoxy) is 1. The van der Waals surface area contributed by atoms with Crippen LogP contribution in [0.25, 0.3) is 0 Å². The van der Waals surface area contributed by atoms with Crippen molar-refractivity contribution in [2.45, 2.75) is 12.1 Å². The van der Waals surface area contributed by atoms with Gasteiger partial charge < -0.3 is 4.74 Å². The lowest BCUT2D eigenvalue weighted by Crippen LogP contribution is -2.33. The quantitative estimate of drug-likeness (QED) is 0.396. The summed E-state index contributed by atoms with van der Waals surface area (Å²) in [7, 11) is 0. The molecule has 0 aromatic heterocycles. The lowest BCUT2D eigenvalue weighted by Gasteiger charge is -2.20. The first-order valence-electron chi connectivity index (χ1n) is 6.19. The topological polar surface area (TPSA) is 52.4 Å². The Kier molecular flexibility index (Phi) is 4.66. The number of nitro benzene ring substituents is 1. The summed E-state index contributed by atoms with van der Waals surface area (Å²) >= 11 is 5.68. The minimum atomic E-state index is -5.75. The number of hydrogen-bond donors (Lipinski definition) is 0. The highest BCUT2D eigenvalue weighted by Gasteiger charge is 2.58. The molecule has 0 spiro atoms. The van der Waals surface area contributed by atoms with Gasteiger partial charge in [0, 0.05) is 17.7 Å². The van der Waals surface area contributed by atoms with Gasteiger partial charge in [0.2, 0.25) is 0 Å². The van der Waals surface area contributed by atoms with Gasteiger partial charge in [-0.15, -0.1) is 0 Å². The smallest absolute Gasteiger partial charge is 0.456 e. The molecule has 0 radical (unpaired) electrons. The maximum atomic E-state index is 13.2. The van der Waals surface area contributed by atoms with Crippen LogP contribution in [0, 0.1) is 10.1 Å². The Balaban J connectivity index is 2.26. The van der Waals surface area contributed by atoms with E-state index in [2.05, 4.69) is 0 Å². The number of benzene rings is 2. The summed E-state index contributed by atoms with van der Waals surface area (Å²) in [6.45, 7) is 0. The Bertz CT molecular complexity index is 762. The molecule has 0 amide bonds. The van der Waals surface area contributed by atoms with E-state index in [0.29, 0.717) is 12.1 Å². The highest BCUT2D eigenvalue weighted by molar-refractivity contribution is 6.32. The number of hydrogen-bond acceptors (Lipinski definition) is 3. The van der Waals surface area contributed by atoms with Crippen molar-refractivity contribution >= 4 is 17.3 Å². The Morgan fingerprint density at radius 3 is 2.04 bits per heavy atom. The number of non-ortho nitro benzene ring substituents is 1. The molecule has 4 nitrogen and oxygen atoms in total. The van der Waals surface area contributed by atoms with Crippen molar-refractivity contribution < 1.29 is 31.6 Å². The fourth-order valence-electron chi connectivity index (χ4n) is 1.71. The van der Waals surface area contributed by atoms with Crippen molar-refractivity contribution in [3.8, 4) is 11.5 Å². The lowest BCUT2D eigenvalue weighted by atomic mass is 10.1. The summed E-state index contributed by atoms with van der Waals surface area (Å²) in [5.41, 5.74) is -1.52. The van der Waals surface area contributed by atoms with E-state index in [1.54, 1.807) is 0 Å². The molecule has 0 fully saturated rings. The third-order valence-corrected chi connectivity index (χ3v) is 3.22. The van der Waals surface area contributed by atoms with Crippen molar-refractivity contribution in [2.75, 3.05) is 0 Å². The van der Waals surface area contributed by atoms with Crippen molar-refractivity contribution in [2.24, 2.45) is 0 Å². The predicted molar refractivity (Wildman–Crippen MR) is 74.6 cm³/mol. The normalized spacial score (nSPS) is 12.1. The molecule has 24 heavy (non-hydrogen) atoms. The second-order valence-electron chi connectivity index (χ2n) is 4.57. The second-order valence-corrected chi connectivity index (χ2v) is 4.98. The molecule has 2 aromatic rings. The Morgan fingerprint density at radius 2 is 1.58 bits per heavy atom. The molecule has 0 aliphatic heterocycles. The molecule has 0 saturated heterocycles. The Labute approximate surface area is 136 Å². The van der Waals surface area contributed by atoms with Gasteiger partial charge in [-0.05, 0) is 30.3 Å². The predicted octanol–water partition coefficient (Wildman–Crippen LogP) is 5.69. The van der Waals surface area contributed by atoms with Crippen LogP contribution in [0.1, 0.15) is 5.56 Å². The molecule has 0 saturated carbocycles. The monoisotopic (exact) mass is 367 g/mol. The van der Waals surface area contributed by atoms with Crippen LogP contribution < -0.4 is 4.74 Å². The number of alkyl halides is 5. The lowest BCUT2D eigenvalue weighted by molar-refractivity contribution is -0.384. The molecule has 0 heterocycles. The molecule has 2 aromatic carbocycles. The summed E-state index contributed by atoms with van der Waals surface area (Å²) in [5.74, 6) is -5.13. The maximum Gasteiger partial charge on any atom is 0.458 e. The Morgan fingerprint density at radius 1 is 1.00 bits per heavy atom. The fraction of sp³-hybridized carbons (Fsp3) is 0.143. The van der Waals surface area contributed by atoms with E-state index in [0.717, 1.165) is 18.2 Å². The van der Waals surface area contributed by atoms with E-state index in [4.69, 9.17) is 16.3 Å². The minimum Gasteiger partial charge on any atom is -0.456 e. The van der Waals surface area contributed by atoms with E-state index < -0.39 is 27.6 Å². The first-order valence-corrected chi connectivity index (χ1v) is 6.57. The van der Waals surface area contributed by atoms with Crippen LogP contribution in [0.2, 0.25) is 5.02 Å². The van der Waals surface area contributed by atoms with Crippen LogP contribution >= 0.6 is 11.6 Å². The number of halogens is 6. The van der Waals surface area contributed by atoms with Gasteiger partial charge in [-0.25, -0.2) is 0 Å². The maximum absolute atomic E-state index is 13.2. The van der Waals surface area contributed by atoms with Gasteiger partial charge in [0.05, 0.1) is 9.95 Å². The van der Waals surface area contributed by atoms with Crippen molar-refractivity contribution in [3.05, 3.63) is 63.2 Å².